The van der Waals surface area contributed by atoms with Gasteiger partial charge < -0.3 is 15.0 Å². The van der Waals surface area contributed by atoms with Crippen LogP contribution in [0, 0.1) is 0 Å². The Morgan fingerprint density at radius 1 is 1.35 bits per heavy atom. The molecular weight excluding hydrogens is 216 g/mol. The van der Waals surface area contributed by atoms with Crippen LogP contribution in [-0.4, -0.2) is 37.2 Å². The van der Waals surface area contributed by atoms with Gasteiger partial charge in [0.15, 0.2) is 11.6 Å². The molecule has 0 unspecified atom stereocenters. The number of nitrogens with zero attached hydrogens (tertiary/aromatic N) is 3. The van der Waals surface area contributed by atoms with E-state index in [1.54, 1.807) is 13.4 Å². The van der Waals surface area contributed by atoms with Crippen LogP contribution in [0.4, 0.5) is 11.6 Å². The molecule has 0 radical (unpaired) electrons. The zero-order valence-corrected chi connectivity index (χ0v) is 11.2. The van der Waals surface area contributed by atoms with E-state index < -0.39 is 0 Å². The fourth-order valence-corrected chi connectivity index (χ4v) is 1.62. The molecule has 0 aromatic carbocycles. The van der Waals surface area contributed by atoms with Gasteiger partial charge in [0.1, 0.15) is 6.33 Å². The SMILES string of the molecule is CCCCN(C)c1ncnc(NCC)c1OC. The topological polar surface area (TPSA) is 50.3 Å². The molecule has 0 fully saturated rings. The molecule has 0 saturated carbocycles. The highest BCUT2D eigenvalue weighted by Crippen LogP contribution is 2.31. The number of methoxy groups -OCH3 is 1. The standard InChI is InChI=1S/C12H22N4O/c1-5-7-8-16(3)12-10(17-4)11(13-6-2)14-9-15-12/h9H,5-8H2,1-4H3,(H,13,14,15). The second-order valence-electron chi connectivity index (χ2n) is 3.88. The highest BCUT2D eigenvalue weighted by Gasteiger charge is 2.14. The molecule has 1 aromatic rings. The first kappa shape index (κ1) is 13.5. The largest absolute Gasteiger partial charge is 0.490 e. The molecule has 1 N–H and O–H groups in total. The van der Waals surface area contributed by atoms with Crippen LogP contribution in [0.1, 0.15) is 26.7 Å². The van der Waals surface area contributed by atoms with E-state index in [2.05, 4.69) is 27.1 Å². The zero-order valence-electron chi connectivity index (χ0n) is 11.2. The number of nitrogens with one attached hydrogen (secondary N) is 1. The number of hydrogen-bond donors (Lipinski definition) is 1. The lowest BCUT2D eigenvalue weighted by Crippen LogP contribution is -2.21. The molecule has 0 aliphatic heterocycles. The first-order chi connectivity index (χ1) is 8.24. The minimum absolute atomic E-state index is 0.716. The van der Waals surface area contributed by atoms with Crippen LogP contribution < -0.4 is 15.0 Å². The van der Waals surface area contributed by atoms with Crippen LogP contribution in [0.5, 0.6) is 5.75 Å². The van der Waals surface area contributed by atoms with Crippen LogP contribution in [0.25, 0.3) is 0 Å². The Bertz CT molecular complexity index is 343. The van der Waals surface area contributed by atoms with Crippen molar-refractivity contribution in [2.75, 3.05) is 37.5 Å². The van der Waals surface area contributed by atoms with Gasteiger partial charge in [-0.15, -0.1) is 0 Å². The van der Waals surface area contributed by atoms with Crippen molar-refractivity contribution >= 4 is 11.6 Å². The average Bonchev–Trinajstić information content (AvgIpc) is 2.36. The van der Waals surface area contributed by atoms with Gasteiger partial charge in [-0.1, -0.05) is 13.3 Å². The van der Waals surface area contributed by atoms with Gasteiger partial charge in [0.2, 0.25) is 5.75 Å². The van der Waals surface area contributed by atoms with Crippen molar-refractivity contribution in [2.24, 2.45) is 0 Å². The van der Waals surface area contributed by atoms with Crippen molar-refractivity contribution < 1.29 is 4.74 Å². The summed E-state index contributed by atoms with van der Waals surface area (Å²) in [5.74, 6) is 2.31. The molecule has 0 aliphatic rings. The molecule has 0 spiro atoms. The summed E-state index contributed by atoms with van der Waals surface area (Å²) in [5.41, 5.74) is 0. The summed E-state index contributed by atoms with van der Waals surface area (Å²) < 4.78 is 5.40. The lowest BCUT2D eigenvalue weighted by molar-refractivity contribution is 0.412. The molecule has 0 atom stereocenters. The Kier molecular flexibility index (Phi) is 5.52. The van der Waals surface area contributed by atoms with Crippen molar-refractivity contribution in [1.82, 2.24) is 9.97 Å². The highest BCUT2D eigenvalue weighted by molar-refractivity contribution is 5.64. The molecule has 0 saturated heterocycles. The van der Waals surface area contributed by atoms with E-state index in [-0.39, 0.29) is 0 Å². The molecule has 1 aromatic heterocycles. The van der Waals surface area contributed by atoms with E-state index in [1.165, 1.54) is 0 Å². The van der Waals surface area contributed by atoms with Crippen LogP contribution in [0.2, 0.25) is 0 Å². The second-order valence-corrected chi connectivity index (χ2v) is 3.88. The Labute approximate surface area is 103 Å². The molecule has 1 rings (SSSR count). The number of aromatic nitrogens is 2. The molecule has 17 heavy (non-hydrogen) atoms. The molecule has 96 valence electrons. The van der Waals surface area contributed by atoms with Gasteiger partial charge in [0, 0.05) is 20.1 Å². The molecule has 5 heteroatoms. The number of ether oxygens (including phenoxy) is 1. The zero-order chi connectivity index (χ0) is 12.7. The third-order valence-electron chi connectivity index (χ3n) is 2.54. The van der Waals surface area contributed by atoms with Crippen molar-refractivity contribution in [3.05, 3.63) is 6.33 Å². The summed E-state index contributed by atoms with van der Waals surface area (Å²) in [6.45, 7) is 5.98. The average molecular weight is 238 g/mol. The third-order valence-corrected chi connectivity index (χ3v) is 2.54. The first-order valence-corrected chi connectivity index (χ1v) is 6.08. The van der Waals surface area contributed by atoms with Gasteiger partial charge >= 0.3 is 0 Å². The Hall–Kier alpha value is -1.52. The summed E-state index contributed by atoms with van der Waals surface area (Å²) >= 11 is 0. The van der Waals surface area contributed by atoms with Gasteiger partial charge in [-0.05, 0) is 13.3 Å². The molecule has 1 heterocycles. The monoisotopic (exact) mass is 238 g/mol. The smallest absolute Gasteiger partial charge is 0.204 e. The van der Waals surface area contributed by atoms with Crippen LogP contribution in [0.15, 0.2) is 6.33 Å². The quantitative estimate of drug-likeness (QED) is 0.788. The van der Waals surface area contributed by atoms with E-state index in [9.17, 15) is 0 Å². The number of rotatable bonds is 7. The predicted molar refractivity (Wildman–Crippen MR) is 70.9 cm³/mol. The fourth-order valence-electron chi connectivity index (χ4n) is 1.62. The van der Waals surface area contributed by atoms with E-state index in [4.69, 9.17) is 4.74 Å². The number of anilines is 2. The normalized spacial score (nSPS) is 10.1. The van der Waals surface area contributed by atoms with Crippen molar-refractivity contribution in [3.63, 3.8) is 0 Å². The van der Waals surface area contributed by atoms with Crippen molar-refractivity contribution in [3.8, 4) is 5.75 Å². The van der Waals surface area contributed by atoms with Gasteiger partial charge in [0.05, 0.1) is 7.11 Å². The fraction of sp³-hybridized carbons (Fsp3) is 0.667. The van der Waals surface area contributed by atoms with Gasteiger partial charge in [-0.25, -0.2) is 9.97 Å². The lowest BCUT2D eigenvalue weighted by atomic mass is 10.3. The van der Waals surface area contributed by atoms with Crippen LogP contribution >= 0.6 is 0 Å². The second kappa shape index (κ2) is 6.93. The summed E-state index contributed by atoms with van der Waals surface area (Å²) in [6.07, 6.45) is 3.87. The summed E-state index contributed by atoms with van der Waals surface area (Å²) in [4.78, 5) is 10.6. The molecular formula is C12H22N4O. The van der Waals surface area contributed by atoms with Gasteiger partial charge in [0.25, 0.3) is 0 Å². The Morgan fingerprint density at radius 2 is 2.12 bits per heavy atom. The maximum atomic E-state index is 5.40. The Morgan fingerprint density at radius 3 is 2.71 bits per heavy atom. The predicted octanol–water partition coefficient (Wildman–Crippen LogP) is 2.15. The van der Waals surface area contributed by atoms with E-state index in [0.717, 1.165) is 37.6 Å². The van der Waals surface area contributed by atoms with E-state index in [1.807, 2.05) is 14.0 Å². The van der Waals surface area contributed by atoms with E-state index >= 15 is 0 Å². The number of hydrogen-bond acceptors (Lipinski definition) is 5. The van der Waals surface area contributed by atoms with Crippen molar-refractivity contribution in [1.29, 1.82) is 0 Å². The first-order valence-electron chi connectivity index (χ1n) is 6.08. The summed E-state index contributed by atoms with van der Waals surface area (Å²) in [7, 11) is 3.67. The van der Waals surface area contributed by atoms with Gasteiger partial charge in [-0.2, -0.15) is 0 Å². The molecule has 0 bridgehead atoms. The van der Waals surface area contributed by atoms with Crippen molar-refractivity contribution in [2.45, 2.75) is 26.7 Å². The summed E-state index contributed by atoms with van der Waals surface area (Å²) in [6, 6.07) is 0. The minimum atomic E-state index is 0.716. The van der Waals surface area contributed by atoms with Gasteiger partial charge in [-0.3, -0.25) is 0 Å². The maximum Gasteiger partial charge on any atom is 0.204 e. The van der Waals surface area contributed by atoms with Crippen LogP contribution in [0.3, 0.4) is 0 Å². The summed E-state index contributed by atoms with van der Waals surface area (Å²) in [5, 5.41) is 3.18. The highest BCUT2D eigenvalue weighted by atomic mass is 16.5. The molecule has 0 aliphatic carbocycles. The maximum absolute atomic E-state index is 5.40. The molecule has 0 amide bonds. The van der Waals surface area contributed by atoms with Crippen LogP contribution in [-0.2, 0) is 0 Å². The Balaban J connectivity index is 2.93. The minimum Gasteiger partial charge on any atom is -0.490 e. The number of unbranched alkanes of at least 4 members (excludes halogenated alkanes) is 1. The lowest BCUT2D eigenvalue weighted by Gasteiger charge is -2.21. The molecule has 5 nitrogen and oxygen atoms in total. The van der Waals surface area contributed by atoms with E-state index in [0.29, 0.717) is 5.75 Å². The third kappa shape index (κ3) is 3.47.